The average Bonchev–Trinajstić information content (AvgIpc) is 2.71. The zero-order chi connectivity index (χ0) is 19.1. The van der Waals surface area contributed by atoms with Crippen LogP contribution in [0.4, 0.5) is 5.82 Å². The Bertz CT molecular complexity index is 732. The Hall–Kier alpha value is -2.41. The van der Waals surface area contributed by atoms with Crippen LogP contribution in [0.3, 0.4) is 0 Å². The van der Waals surface area contributed by atoms with Crippen LogP contribution in [0.25, 0.3) is 0 Å². The molecule has 0 saturated carbocycles. The first-order valence-corrected chi connectivity index (χ1v) is 9.57. The van der Waals surface area contributed by atoms with Crippen molar-refractivity contribution in [2.45, 2.75) is 26.7 Å². The Balaban J connectivity index is 1.33. The van der Waals surface area contributed by atoms with E-state index < -0.39 is 0 Å². The quantitative estimate of drug-likeness (QED) is 0.661. The Kier molecular flexibility index (Phi) is 6.81. The van der Waals surface area contributed by atoms with Gasteiger partial charge in [-0.15, -0.1) is 0 Å². The van der Waals surface area contributed by atoms with Gasteiger partial charge < -0.3 is 14.4 Å². The molecule has 1 aliphatic heterocycles. The second-order valence-corrected chi connectivity index (χ2v) is 6.80. The lowest BCUT2D eigenvalue weighted by atomic mass is 10.2. The summed E-state index contributed by atoms with van der Waals surface area (Å²) >= 11 is 0. The number of pyridine rings is 1. The minimum Gasteiger partial charge on any atom is -0.481 e. The molecule has 0 unspecified atom stereocenters. The lowest BCUT2D eigenvalue weighted by Gasteiger charge is -2.35. The lowest BCUT2D eigenvalue weighted by molar-refractivity contribution is 0.235. The standard InChI is InChI=1S/C20H29N5O2/c1-16-17(2)22-20(15-21-16)27-14-5-4-9-24-10-12-25(13-11-24)18-7-6-8-19(23-18)26-3/h6-8,15H,4-5,9-14H2,1-3H3. The predicted octanol–water partition coefficient (Wildman–Crippen LogP) is 2.48. The van der Waals surface area contributed by atoms with Gasteiger partial charge in [-0.1, -0.05) is 6.07 Å². The molecule has 3 heterocycles. The molecule has 0 N–H and O–H groups in total. The molecule has 0 spiro atoms. The lowest BCUT2D eigenvalue weighted by Crippen LogP contribution is -2.46. The van der Waals surface area contributed by atoms with Gasteiger partial charge in [-0.3, -0.25) is 9.88 Å². The summed E-state index contributed by atoms with van der Waals surface area (Å²) in [6.45, 7) is 9.80. The molecule has 0 amide bonds. The van der Waals surface area contributed by atoms with Gasteiger partial charge in [0, 0.05) is 32.2 Å². The summed E-state index contributed by atoms with van der Waals surface area (Å²) in [5.74, 6) is 2.29. The first kappa shape index (κ1) is 19.4. The molecule has 0 bridgehead atoms. The van der Waals surface area contributed by atoms with Gasteiger partial charge in [0.25, 0.3) is 0 Å². The largest absolute Gasteiger partial charge is 0.481 e. The van der Waals surface area contributed by atoms with Crippen LogP contribution in [-0.4, -0.2) is 66.3 Å². The molecule has 1 fully saturated rings. The van der Waals surface area contributed by atoms with Gasteiger partial charge in [0.05, 0.1) is 31.3 Å². The van der Waals surface area contributed by atoms with Crippen LogP contribution >= 0.6 is 0 Å². The SMILES string of the molecule is COc1cccc(N2CCN(CCCCOc3cnc(C)c(C)n3)CC2)n1. The smallest absolute Gasteiger partial charge is 0.232 e. The highest BCUT2D eigenvalue weighted by Gasteiger charge is 2.17. The first-order valence-electron chi connectivity index (χ1n) is 9.57. The van der Waals surface area contributed by atoms with Crippen molar-refractivity contribution in [3.8, 4) is 11.8 Å². The number of ether oxygens (including phenoxy) is 2. The van der Waals surface area contributed by atoms with E-state index in [4.69, 9.17) is 9.47 Å². The molecule has 0 aliphatic carbocycles. The van der Waals surface area contributed by atoms with Gasteiger partial charge in [0.1, 0.15) is 5.82 Å². The van der Waals surface area contributed by atoms with Crippen molar-refractivity contribution in [1.29, 1.82) is 0 Å². The summed E-state index contributed by atoms with van der Waals surface area (Å²) < 4.78 is 10.9. The summed E-state index contributed by atoms with van der Waals surface area (Å²) in [6, 6.07) is 5.92. The number of aryl methyl sites for hydroxylation is 2. The van der Waals surface area contributed by atoms with Crippen LogP contribution < -0.4 is 14.4 Å². The number of rotatable bonds is 8. The summed E-state index contributed by atoms with van der Waals surface area (Å²) in [7, 11) is 1.65. The second-order valence-electron chi connectivity index (χ2n) is 6.80. The van der Waals surface area contributed by atoms with Crippen molar-refractivity contribution in [2.75, 3.05) is 51.3 Å². The number of methoxy groups -OCH3 is 1. The molecule has 7 nitrogen and oxygen atoms in total. The molecule has 27 heavy (non-hydrogen) atoms. The summed E-state index contributed by atoms with van der Waals surface area (Å²) in [6.07, 6.45) is 3.84. The van der Waals surface area contributed by atoms with Gasteiger partial charge in [0.2, 0.25) is 11.8 Å². The molecule has 0 aromatic carbocycles. The fraction of sp³-hybridized carbons (Fsp3) is 0.550. The maximum Gasteiger partial charge on any atom is 0.232 e. The Morgan fingerprint density at radius 2 is 1.78 bits per heavy atom. The monoisotopic (exact) mass is 371 g/mol. The van der Waals surface area contributed by atoms with Crippen LogP contribution in [0.15, 0.2) is 24.4 Å². The van der Waals surface area contributed by atoms with E-state index in [2.05, 4.69) is 24.8 Å². The van der Waals surface area contributed by atoms with E-state index in [0.717, 1.165) is 62.8 Å². The molecule has 3 rings (SSSR count). The normalized spacial score (nSPS) is 15.0. The van der Waals surface area contributed by atoms with Gasteiger partial charge in [-0.2, -0.15) is 4.98 Å². The maximum absolute atomic E-state index is 5.71. The molecule has 1 saturated heterocycles. The Morgan fingerprint density at radius 3 is 2.52 bits per heavy atom. The van der Waals surface area contributed by atoms with E-state index >= 15 is 0 Å². The van der Waals surface area contributed by atoms with Crippen molar-refractivity contribution >= 4 is 5.82 Å². The van der Waals surface area contributed by atoms with E-state index in [-0.39, 0.29) is 0 Å². The molecule has 7 heteroatoms. The molecule has 2 aromatic heterocycles. The van der Waals surface area contributed by atoms with Gasteiger partial charge in [-0.05, 0) is 39.3 Å². The predicted molar refractivity (Wildman–Crippen MR) is 106 cm³/mol. The highest BCUT2D eigenvalue weighted by Crippen LogP contribution is 2.17. The third-order valence-electron chi connectivity index (χ3n) is 4.90. The van der Waals surface area contributed by atoms with Crippen molar-refractivity contribution in [2.24, 2.45) is 0 Å². The highest BCUT2D eigenvalue weighted by atomic mass is 16.5. The fourth-order valence-corrected chi connectivity index (χ4v) is 3.10. The number of hydrogen-bond acceptors (Lipinski definition) is 7. The van der Waals surface area contributed by atoms with Crippen LogP contribution in [0, 0.1) is 13.8 Å². The Labute approximate surface area is 161 Å². The number of hydrogen-bond donors (Lipinski definition) is 0. The fourth-order valence-electron chi connectivity index (χ4n) is 3.10. The van der Waals surface area contributed by atoms with Crippen LogP contribution in [0.1, 0.15) is 24.2 Å². The molecule has 2 aromatic rings. The van der Waals surface area contributed by atoms with Gasteiger partial charge >= 0.3 is 0 Å². The summed E-state index contributed by atoms with van der Waals surface area (Å²) in [4.78, 5) is 18.0. The summed E-state index contributed by atoms with van der Waals surface area (Å²) in [5.41, 5.74) is 1.88. The molecule has 146 valence electrons. The number of anilines is 1. The van der Waals surface area contributed by atoms with Crippen molar-refractivity contribution in [1.82, 2.24) is 19.9 Å². The maximum atomic E-state index is 5.71. The molecule has 0 atom stereocenters. The zero-order valence-corrected chi connectivity index (χ0v) is 16.5. The number of aromatic nitrogens is 3. The van der Waals surface area contributed by atoms with E-state index in [1.54, 1.807) is 13.3 Å². The minimum absolute atomic E-state index is 0.623. The third kappa shape index (κ3) is 5.53. The highest BCUT2D eigenvalue weighted by molar-refractivity contribution is 5.41. The molecule has 1 aliphatic rings. The topological polar surface area (TPSA) is 63.6 Å². The third-order valence-corrected chi connectivity index (χ3v) is 4.90. The van der Waals surface area contributed by atoms with Crippen molar-refractivity contribution in [3.63, 3.8) is 0 Å². The Morgan fingerprint density at radius 1 is 0.963 bits per heavy atom. The molecular formula is C20H29N5O2. The van der Waals surface area contributed by atoms with E-state index in [9.17, 15) is 0 Å². The van der Waals surface area contributed by atoms with E-state index in [1.165, 1.54) is 0 Å². The summed E-state index contributed by atoms with van der Waals surface area (Å²) in [5, 5.41) is 0. The van der Waals surface area contributed by atoms with Gasteiger partial charge in [0.15, 0.2) is 0 Å². The first-order chi connectivity index (χ1) is 13.2. The van der Waals surface area contributed by atoms with Crippen LogP contribution in [-0.2, 0) is 0 Å². The number of piperazine rings is 1. The van der Waals surface area contributed by atoms with E-state index in [0.29, 0.717) is 18.4 Å². The van der Waals surface area contributed by atoms with Crippen molar-refractivity contribution in [3.05, 3.63) is 35.8 Å². The van der Waals surface area contributed by atoms with Crippen LogP contribution in [0.5, 0.6) is 11.8 Å². The second kappa shape index (κ2) is 9.50. The van der Waals surface area contributed by atoms with Crippen molar-refractivity contribution < 1.29 is 9.47 Å². The number of unbranched alkanes of at least 4 members (excludes halogenated alkanes) is 1. The van der Waals surface area contributed by atoms with Crippen LogP contribution in [0.2, 0.25) is 0 Å². The molecule has 0 radical (unpaired) electrons. The minimum atomic E-state index is 0.623. The zero-order valence-electron chi connectivity index (χ0n) is 16.5. The number of nitrogens with zero attached hydrogens (tertiary/aromatic N) is 5. The van der Waals surface area contributed by atoms with E-state index in [1.807, 2.05) is 32.0 Å². The van der Waals surface area contributed by atoms with Gasteiger partial charge in [-0.25, -0.2) is 4.98 Å². The molecular weight excluding hydrogens is 342 g/mol. The average molecular weight is 371 g/mol.